The van der Waals surface area contributed by atoms with Crippen molar-refractivity contribution < 1.29 is 4.74 Å². The molecule has 1 aromatic carbocycles. The van der Waals surface area contributed by atoms with E-state index in [0.717, 1.165) is 37.6 Å². The molecule has 3 rings (SSSR count). The van der Waals surface area contributed by atoms with Crippen molar-refractivity contribution in [3.63, 3.8) is 0 Å². The van der Waals surface area contributed by atoms with Crippen LogP contribution < -0.4 is 9.64 Å². The van der Waals surface area contributed by atoms with E-state index in [1.54, 1.807) is 7.11 Å². The van der Waals surface area contributed by atoms with Gasteiger partial charge in [0, 0.05) is 50.3 Å². The smallest absolute Gasteiger partial charge is 0.137 e. The number of methoxy groups -OCH3 is 1. The summed E-state index contributed by atoms with van der Waals surface area (Å²) in [6.45, 7) is 6.29. The first-order chi connectivity index (χ1) is 11.2. The van der Waals surface area contributed by atoms with E-state index in [1.165, 1.54) is 5.56 Å². The van der Waals surface area contributed by atoms with E-state index >= 15 is 0 Å². The van der Waals surface area contributed by atoms with Crippen LogP contribution in [0.1, 0.15) is 18.5 Å². The van der Waals surface area contributed by atoms with Gasteiger partial charge in [0.15, 0.2) is 0 Å². The van der Waals surface area contributed by atoms with Gasteiger partial charge in [0.05, 0.1) is 12.1 Å². The molecule has 2 aromatic rings. The number of aromatic nitrogens is 1. The van der Waals surface area contributed by atoms with Crippen molar-refractivity contribution in [2.45, 2.75) is 13.0 Å². The first-order valence-electron chi connectivity index (χ1n) is 7.91. The fourth-order valence-corrected chi connectivity index (χ4v) is 3.31. The van der Waals surface area contributed by atoms with Crippen LogP contribution in [0.25, 0.3) is 0 Å². The highest BCUT2D eigenvalue weighted by molar-refractivity contribution is 6.32. The number of ether oxygens (including phenoxy) is 1. The molecule has 0 aliphatic carbocycles. The van der Waals surface area contributed by atoms with Crippen molar-refractivity contribution in [1.82, 2.24) is 9.88 Å². The van der Waals surface area contributed by atoms with Crippen molar-refractivity contribution >= 4 is 17.3 Å². The Labute approximate surface area is 142 Å². The molecule has 1 aliphatic heterocycles. The average Bonchev–Trinajstić information content (AvgIpc) is 2.62. The van der Waals surface area contributed by atoms with E-state index in [0.29, 0.717) is 11.1 Å². The molecule has 1 aliphatic rings. The molecule has 1 atom stereocenters. The molecular formula is C18H22ClN3O. The Kier molecular flexibility index (Phi) is 5.03. The van der Waals surface area contributed by atoms with Gasteiger partial charge < -0.3 is 9.64 Å². The first-order valence-corrected chi connectivity index (χ1v) is 8.29. The fraction of sp³-hybridized carbons (Fsp3) is 0.389. The van der Waals surface area contributed by atoms with E-state index in [-0.39, 0.29) is 0 Å². The summed E-state index contributed by atoms with van der Waals surface area (Å²) in [6, 6.07) is 10.5. The molecule has 4 nitrogen and oxygen atoms in total. The Morgan fingerprint density at radius 1 is 1.17 bits per heavy atom. The summed E-state index contributed by atoms with van der Waals surface area (Å²) >= 11 is 6.24. The third-order valence-corrected chi connectivity index (χ3v) is 4.82. The van der Waals surface area contributed by atoms with Crippen LogP contribution in [0.15, 0.2) is 42.7 Å². The second-order valence-corrected chi connectivity index (χ2v) is 6.21. The average molecular weight is 332 g/mol. The SMILES string of the molecule is COc1ccc(N2CCN(C(C)c3cccnc3)CC2)cc1Cl. The number of nitrogens with zero attached hydrogens (tertiary/aromatic N) is 3. The molecule has 1 aromatic heterocycles. The summed E-state index contributed by atoms with van der Waals surface area (Å²) in [5.41, 5.74) is 2.43. The van der Waals surface area contributed by atoms with Crippen LogP contribution in [0.3, 0.4) is 0 Å². The van der Waals surface area contributed by atoms with Crippen LogP contribution in [-0.2, 0) is 0 Å². The van der Waals surface area contributed by atoms with Gasteiger partial charge in [-0.1, -0.05) is 17.7 Å². The molecule has 0 radical (unpaired) electrons. The number of hydrogen-bond donors (Lipinski definition) is 0. The largest absolute Gasteiger partial charge is 0.495 e. The molecule has 5 heteroatoms. The zero-order valence-electron chi connectivity index (χ0n) is 13.6. The van der Waals surface area contributed by atoms with Gasteiger partial charge in [-0.05, 0) is 36.8 Å². The molecule has 23 heavy (non-hydrogen) atoms. The Morgan fingerprint density at radius 3 is 2.57 bits per heavy atom. The standard InChI is InChI=1S/C18H22ClN3O/c1-14(15-4-3-7-20-13-15)21-8-10-22(11-9-21)16-5-6-18(23-2)17(19)12-16/h3-7,12-14H,8-11H2,1-2H3. The van der Waals surface area contributed by atoms with E-state index in [4.69, 9.17) is 16.3 Å². The van der Waals surface area contributed by atoms with Crippen LogP contribution in [0.5, 0.6) is 5.75 Å². The van der Waals surface area contributed by atoms with E-state index < -0.39 is 0 Å². The molecule has 0 N–H and O–H groups in total. The van der Waals surface area contributed by atoms with Crippen LogP contribution in [0.4, 0.5) is 5.69 Å². The van der Waals surface area contributed by atoms with Gasteiger partial charge in [-0.2, -0.15) is 0 Å². The summed E-state index contributed by atoms with van der Waals surface area (Å²) in [7, 11) is 1.64. The third-order valence-electron chi connectivity index (χ3n) is 4.53. The van der Waals surface area contributed by atoms with Crippen molar-refractivity contribution in [1.29, 1.82) is 0 Å². The Morgan fingerprint density at radius 2 is 1.96 bits per heavy atom. The van der Waals surface area contributed by atoms with Crippen molar-refractivity contribution in [3.8, 4) is 5.75 Å². The second-order valence-electron chi connectivity index (χ2n) is 5.80. The molecule has 122 valence electrons. The molecule has 1 saturated heterocycles. The lowest BCUT2D eigenvalue weighted by molar-refractivity contribution is 0.198. The van der Waals surface area contributed by atoms with Crippen LogP contribution in [0, 0.1) is 0 Å². The predicted molar refractivity (Wildman–Crippen MR) is 94.4 cm³/mol. The zero-order chi connectivity index (χ0) is 16.2. The van der Waals surface area contributed by atoms with Crippen molar-refractivity contribution in [2.24, 2.45) is 0 Å². The highest BCUT2D eigenvalue weighted by Gasteiger charge is 2.22. The lowest BCUT2D eigenvalue weighted by Crippen LogP contribution is -2.47. The molecule has 0 amide bonds. The summed E-state index contributed by atoms with van der Waals surface area (Å²) in [6.07, 6.45) is 3.78. The zero-order valence-corrected chi connectivity index (χ0v) is 14.3. The van der Waals surface area contributed by atoms with Crippen LogP contribution in [0.2, 0.25) is 5.02 Å². The fourth-order valence-electron chi connectivity index (χ4n) is 3.05. The number of benzene rings is 1. The summed E-state index contributed by atoms with van der Waals surface area (Å²) in [5.74, 6) is 0.722. The Balaban J connectivity index is 1.63. The quantitative estimate of drug-likeness (QED) is 0.855. The Hall–Kier alpha value is -1.78. The lowest BCUT2D eigenvalue weighted by Gasteiger charge is -2.39. The minimum atomic E-state index is 0.394. The molecule has 1 fully saturated rings. The number of halogens is 1. The topological polar surface area (TPSA) is 28.6 Å². The van der Waals surface area contributed by atoms with Crippen molar-refractivity contribution in [3.05, 3.63) is 53.3 Å². The highest BCUT2D eigenvalue weighted by Crippen LogP contribution is 2.30. The molecule has 0 saturated carbocycles. The minimum absolute atomic E-state index is 0.394. The predicted octanol–water partition coefficient (Wildman–Crippen LogP) is 3.63. The number of anilines is 1. The first kappa shape index (κ1) is 16.1. The molecule has 0 bridgehead atoms. The number of piperazine rings is 1. The van der Waals surface area contributed by atoms with E-state index in [9.17, 15) is 0 Å². The number of pyridine rings is 1. The van der Waals surface area contributed by atoms with Crippen LogP contribution in [-0.4, -0.2) is 43.2 Å². The molecular weight excluding hydrogens is 310 g/mol. The summed E-state index contributed by atoms with van der Waals surface area (Å²) in [5, 5.41) is 0.663. The molecule has 0 spiro atoms. The highest BCUT2D eigenvalue weighted by atomic mass is 35.5. The van der Waals surface area contributed by atoms with Crippen LogP contribution >= 0.6 is 11.6 Å². The maximum Gasteiger partial charge on any atom is 0.137 e. The van der Waals surface area contributed by atoms with Crippen molar-refractivity contribution in [2.75, 3.05) is 38.2 Å². The Bertz CT molecular complexity index is 642. The number of hydrogen-bond acceptors (Lipinski definition) is 4. The van der Waals surface area contributed by atoms with E-state index in [2.05, 4.69) is 33.8 Å². The third kappa shape index (κ3) is 3.59. The normalized spacial score (nSPS) is 17.1. The van der Waals surface area contributed by atoms with Gasteiger partial charge in [-0.15, -0.1) is 0 Å². The van der Waals surface area contributed by atoms with Gasteiger partial charge >= 0.3 is 0 Å². The summed E-state index contributed by atoms with van der Waals surface area (Å²) < 4.78 is 5.22. The van der Waals surface area contributed by atoms with Gasteiger partial charge in [-0.3, -0.25) is 9.88 Å². The maximum absolute atomic E-state index is 6.24. The summed E-state index contributed by atoms with van der Waals surface area (Å²) in [4.78, 5) is 9.10. The van der Waals surface area contributed by atoms with Gasteiger partial charge in [0.1, 0.15) is 5.75 Å². The van der Waals surface area contributed by atoms with E-state index in [1.807, 2.05) is 30.6 Å². The molecule has 1 unspecified atom stereocenters. The monoisotopic (exact) mass is 331 g/mol. The minimum Gasteiger partial charge on any atom is -0.495 e. The molecule has 2 heterocycles. The van der Waals surface area contributed by atoms with Gasteiger partial charge in [0.2, 0.25) is 0 Å². The maximum atomic E-state index is 6.24. The van der Waals surface area contributed by atoms with Gasteiger partial charge in [-0.25, -0.2) is 0 Å². The van der Waals surface area contributed by atoms with Gasteiger partial charge in [0.25, 0.3) is 0 Å². The number of rotatable bonds is 4. The second kappa shape index (κ2) is 7.20. The lowest BCUT2D eigenvalue weighted by atomic mass is 10.1.